The van der Waals surface area contributed by atoms with Gasteiger partial charge >= 0.3 is 6.36 Å². The molecule has 3 heterocycles. The molecule has 0 aliphatic carbocycles. The predicted molar refractivity (Wildman–Crippen MR) is 127 cm³/mol. The molecule has 2 aromatic carbocycles. The molecule has 1 spiro atoms. The number of fused-ring (bicyclic) bond motifs is 2. The van der Waals surface area contributed by atoms with Crippen LogP contribution >= 0.6 is 11.6 Å². The van der Waals surface area contributed by atoms with Crippen LogP contribution in [-0.4, -0.2) is 31.7 Å². The molecule has 7 nitrogen and oxygen atoms in total. The maximum atomic E-state index is 13.4. The number of alkyl halides is 3. The van der Waals surface area contributed by atoms with Gasteiger partial charge in [-0.25, -0.2) is 8.42 Å². The zero-order valence-corrected chi connectivity index (χ0v) is 21.1. The number of benzene rings is 2. The summed E-state index contributed by atoms with van der Waals surface area (Å²) in [6, 6.07) is 14.2. The van der Waals surface area contributed by atoms with Crippen LogP contribution in [-0.2, 0) is 20.4 Å². The molecule has 1 saturated heterocycles. The van der Waals surface area contributed by atoms with Crippen molar-refractivity contribution in [2.24, 2.45) is 0 Å². The highest BCUT2D eigenvalue weighted by Gasteiger charge is 2.52. The van der Waals surface area contributed by atoms with Crippen LogP contribution in [0.2, 0.25) is 5.02 Å². The Kier molecular flexibility index (Phi) is 6.38. The second kappa shape index (κ2) is 9.16. The van der Waals surface area contributed by atoms with Gasteiger partial charge in [0.05, 0.1) is 15.5 Å². The number of halogens is 4. The lowest BCUT2D eigenvalue weighted by Gasteiger charge is -2.43. The molecule has 3 atom stereocenters. The van der Waals surface area contributed by atoms with Crippen molar-refractivity contribution >= 4 is 21.6 Å². The standard InChI is InChI=1S/C25H22ClF3N2O5S/c1-16-15-24(11-13-31(16)37(33,34)19-8-6-18(7-9-19)35-25(27,28)29)21-5-3-2-4-20(21)23(36-24)22-14-17(26)10-12-30(22)32/h2-10,12,14,16,23H,11,13,15H2,1H3. The Morgan fingerprint density at radius 1 is 1.16 bits per heavy atom. The number of nitrogens with zero attached hydrogens (tertiary/aromatic N) is 2. The summed E-state index contributed by atoms with van der Waals surface area (Å²) in [4.78, 5) is -0.137. The van der Waals surface area contributed by atoms with Gasteiger partial charge in [0.1, 0.15) is 5.75 Å². The lowest BCUT2D eigenvalue weighted by Crippen LogP contribution is -2.50. The van der Waals surface area contributed by atoms with Gasteiger partial charge in [0, 0.05) is 24.7 Å². The number of rotatable bonds is 4. The number of piperidine rings is 1. The van der Waals surface area contributed by atoms with Crippen LogP contribution in [0.5, 0.6) is 5.75 Å². The van der Waals surface area contributed by atoms with Gasteiger partial charge in [0.15, 0.2) is 12.3 Å². The molecule has 12 heteroatoms. The molecule has 3 unspecified atom stereocenters. The van der Waals surface area contributed by atoms with E-state index in [2.05, 4.69) is 4.74 Å². The Bertz CT molecular complexity index is 1430. The predicted octanol–water partition coefficient (Wildman–Crippen LogP) is 5.06. The molecule has 5 rings (SSSR count). The molecule has 0 radical (unpaired) electrons. The molecular formula is C25H22ClF3N2O5S. The van der Waals surface area contributed by atoms with Gasteiger partial charge in [0.2, 0.25) is 15.7 Å². The lowest BCUT2D eigenvalue weighted by atomic mass is 9.81. The minimum absolute atomic E-state index is 0.109. The Labute approximate surface area is 216 Å². The highest BCUT2D eigenvalue weighted by atomic mass is 35.5. The quantitative estimate of drug-likeness (QED) is 0.332. The van der Waals surface area contributed by atoms with Crippen molar-refractivity contribution in [1.82, 2.24) is 4.31 Å². The summed E-state index contributed by atoms with van der Waals surface area (Å²) in [5.74, 6) is -0.504. The number of ether oxygens (including phenoxy) is 2. The fourth-order valence-electron chi connectivity index (χ4n) is 5.23. The average Bonchev–Trinajstić information content (AvgIpc) is 3.13. The molecule has 3 aromatic rings. The Balaban J connectivity index is 1.41. The summed E-state index contributed by atoms with van der Waals surface area (Å²) in [5, 5.41) is 13.0. The molecule has 0 amide bonds. The van der Waals surface area contributed by atoms with Gasteiger partial charge in [-0.1, -0.05) is 35.9 Å². The average molecular weight is 555 g/mol. The number of aromatic nitrogens is 1. The number of hydrogen-bond donors (Lipinski definition) is 0. The van der Waals surface area contributed by atoms with Crippen LogP contribution in [0, 0.1) is 5.21 Å². The minimum atomic E-state index is -4.87. The van der Waals surface area contributed by atoms with Gasteiger partial charge in [-0.05, 0) is 55.2 Å². The Morgan fingerprint density at radius 2 is 1.86 bits per heavy atom. The monoisotopic (exact) mass is 554 g/mol. The third kappa shape index (κ3) is 4.76. The van der Waals surface area contributed by atoms with Gasteiger partial charge in [0.25, 0.3) is 0 Å². The maximum Gasteiger partial charge on any atom is 0.573 e. The van der Waals surface area contributed by atoms with Gasteiger partial charge < -0.3 is 14.7 Å². The summed E-state index contributed by atoms with van der Waals surface area (Å²) in [7, 11) is -4.00. The molecule has 2 aliphatic heterocycles. The lowest BCUT2D eigenvalue weighted by molar-refractivity contribution is -0.618. The zero-order valence-electron chi connectivity index (χ0n) is 19.5. The van der Waals surface area contributed by atoms with E-state index in [4.69, 9.17) is 16.3 Å². The van der Waals surface area contributed by atoms with Crippen molar-refractivity contribution < 1.29 is 35.8 Å². The van der Waals surface area contributed by atoms with Gasteiger partial charge in [-0.3, -0.25) is 0 Å². The number of hydrogen-bond acceptors (Lipinski definition) is 5. The SMILES string of the molecule is CC1CC2(CCN1S(=O)(=O)c1ccc(OC(F)(F)F)cc1)OC(c1cc(Cl)cc[n+]1[O-])c1ccccc12. The molecule has 37 heavy (non-hydrogen) atoms. The first-order valence-electron chi connectivity index (χ1n) is 11.4. The van der Waals surface area contributed by atoms with Crippen molar-refractivity contribution in [3.8, 4) is 5.75 Å². The third-order valence-electron chi connectivity index (χ3n) is 6.77. The molecule has 0 N–H and O–H groups in total. The number of sulfonamides is 1. The molecule has 1 aromatic heterocycles. The summed E-state index contributed by atoms with van der Waals surface area (Å²) in [6.45, 7) is 1.87. The van der Waals surface area contributed by atoms with E-state index >= 15 is 0 Å². The van der Waals surface area contributed by atoms with Crippen LogP contribution in [0.25, 0.3) is 0 Å². The van der Waals surface area contributed by atoms with Crippen molar-refractivity contribution in [2.75, 3.05) is 6.54 Å². The van der Waals surface area contributed by atoms with E-state index in [1.54, 1.807) is 13.0 Å². The first-order valence-corrected chi connectivity index (χ1v) is 13.2. The van der Waals surface area contributed by atoms with E-state index in [1.165, 1.54) is 16.6 Å². The van der Waals surface area contributed by atoms with Crippen LogP contribution in [0.15, 0.2) is 71.8 Å². The summed E-state index contributed by atoms with van der Waals surface area (Å²) in [6.07, 6.45) is -3.60. The molecule has 0 bridgehead atoms. The molecular weight excluding hydrogens is 533 g/mol. The smallest absolute Gasteiger partial charge is 0.573 e. The van der Waals surface area contributed by atoms with Crippen LogP contribution in [0.1, 0.15) is 42.7 Å². The first-order chi connectivity index (χ1) is 17.4. The summed E-state index contributed by atoms with van der Waals surface area (Å²) >= 11 is 6.15. The van der Waals surface area contributed by atoms with Crippen molar-refractivity contribution in [3.63, 3.8) is 0 Å². The molecule has 196 valence electrons. The summed E-state index contributed by atoms with van der Waals surface area (Å²) in [5.41, 5.74) is 1.21. The zero-order chi connectivity index (χ0) is 26.6. The third-order valence-corrected chi connectivity index (χ3v) is 9.04. The number of pyridine rings is 1. The highest BCUT2D eigenvalue weighted by molar-refractivity contribution is 7.89. The minimum Gasteiger partial charge on any atom is -0.618 e. The fraction of sp³-hybridized carbons (Fsp3) is 0.320. The van der Waals surface area contributed by atoms with Crippen molar-refractivity contribution in [2.45, 2.75) is 48.8 Å². The molecule has 0 saturated carbocycles. The fourth-order valence-corrected chi connectivity index (χ4v) is 7.03. The van der Waals surface area contributed by atoms with E-state index < -0.39 is 39.9 Å². The maximum absolute atomic E-state index is 13.4. The van der Waals surface area contributed by atoms with Crippen molar-refractivity contribution in [1.29, 1.82) is 0 Å². The van der Waals surface area contributed by atoms with Crippen LogP contribution in [0.4, 0.5) is 13.2 Å². The molecule has 2 aliphatic rings. The summed E-state index contributed by atoms with van der Waals surface area (Å²) < 4.78 is 76.6. The van der Waals surface area contributed by atoms with E-state index in [9.17, 15) is 26.8 Å². The highest BCUT2D eigenvalue weighted by Crippen LogP contribution is 2.52. The van der Waals surface area contributed by atoms with Crippen LogP contribution in [0.3, 0.4) is 0 Å². The molecule has 1 fully saturated rings. The normalized spacial score (nSPS) is 24.2. The largest absolute Gasteiger partial charge is 0.618 e. The van der Waals surface area contributed by atoms with Crippen LogP contribution < -0.4 is 9.47 Å². The van der Waals surface area contributed by atoms with E-state index in [0.717, 1.165) is 35.4 Å². The Hall–Kier alpha value is -2.86. The van der Waals surface area contributed by atoms with Crippen molar-refractivity contribution in [3.05, 3.63) is 93.9 Å². The second-order valence-electron chi connectivity index (χ2n) is 9.11. The van der Waals surface area contributed by atoms with E-state index in [0.29, 0.717) is 28.3 Å². The van der Waals surface area contributed by atoms with E-state index in [1.807, 2.05) is 24.3 Å². The second-order valence-corrected chi connectivity index (χ2v) is 11.4. The van der Waals surface area contributed by atoms with Gasteiger partial charge in [-0.2, -0.15) is 9.04 Å². The first kappa shape index (κ1) is 25.8. The van der Waals surface area contributed by atoms with Gasteiger partial charge in [-0.15, -0.1) is 13.2 Å². The Morgan fingerprint density at radius 3 is 2.54 bits per heavy atom. The topological polar surface area (TPSA) is 82.8 Å². The van der Waals surface area contributed by atoms with E-state index in [-0.39, 0.29) is 11.4 Å².